The van der Waals surface area contributed by atoms with Crippen molar-refractivity contribution >= 4 is 27.7 Å². The smallest absolute Gasteiger partial charge is 0.419 e. The van der Waals surface area contributed by atoms with Crippen molar-refractivity contribution in [2.45, 2.75) is 25.1 Å². The van der Waals surface area contributed by atoms with Gasteiger partial charge in [-0.1, -0.05) is 0 Å². The van der Waals surface area contributed by atoms with Gasteiger partial charge in [0.1, 0.15) is 5.82 Å². The van der Waals surface area contributed by atoms with Gasteiger partial charge in [-0.05, 0) is 0 Å². The summed E-state index contributed by atoms with van der Waals surface area (Å²) in [5.41, 5.74) is -7.41. The highest BCUT2D eigenvalue weighted by molar-refractivity contribution is 7.88. The quantitative estimate of drug-likeness (QED) is 0.193. The monoisotopic (exact) mass is 431 g/mol. The third kappa shape index (κ3) is 4.49. The molecular weight excluding hydrogens is 421 g/mol. The van der Waals surface area contributed by atoms with Crippen LogP contribution in [-0.4, -0.2) is 31.7 Å². The van der Waals surface area contributed by atoms with Crippen LogP contribution in [0.3, 0.4) is 0 Å². The number of rotatable bonds is 4. The molecule has 0 amide bonds. The van der Waals surface area contributed by atoms with E-state index in [0.717, 1.165) is 0 Å². The first kappa shape index (κ1) is 21.4. The zero-order valence-corrected chi connectivity index (χ0v) is 14.7. The lowest BCUT2D eigenvalue weighted by atomic mass is 10.2. The van der Waals surface area contributed by atoms with E-state index in [0.29, 0.717) is 6.20 Å². The minimum Gasteiger partial charge on any atom is -0.419 e. The van der Waals surface area contributed by atoms with Crippen LogP contribution in [0.4, 0.5) is 27.6 Å². The number of hydrogen-bond donors (Lipinski definition) is 1. The maximum atomic E-state index is 13.8. The lowest BCUT2D eigenvalue weighted by molar-refractivity contribution is -0.222. The normalized spacial score (nSPS) is 16.9. The summed E-state index contributed by atoms with van der Waals surface area (Å²) in [7, 11) is -6.22. The van der Waals surface area contributed by atoms with E-state index in [4.69, 9.17) is 9.47 Å². The number of esters is 2. The van der Waals surface area contributed by atoms with Gasteiger partial charge in [0.2, 0.25) is 0 Å². The molecule has 0 aromatic heterocycles. The molecule has 0 spiro atoms. The van der Waals surface area contributed by atoms with Gasteiger partial charge in [-0.25, -0.2) is 18.4 Å². The Morgan fingerprint density at radius 2 is 1.61 bits per heavy atom. The summed E-state index contributed by atoms with van der Waals surface area (Å²) >= 11 is 0. The van der Waals surface area contributed by atoms with E-state index < -0.39 is 62.0 Å². The molecule has 0 unspecified atom stereocenters. The van der Waals surface area contributed by atoms with Crippen molar-refractivity contribution in [3.8, 4) is 5.75 Å². The Morgan fingerprint density at radius 1 is 1.07 bits per heavy atom. The Hall–Kier alpha value is -2.90. The number of carbonyl (C=O) groups excluding carboxylic acids is 2. The zero-order valence-electron chi connectivity index (χ0n) is 13.9. The average Bonchev–Trinajstić information content (AvgIpc) is 2.48. The standard InChI is InChI=1S/C14H10F5NO7S/c1-13(2)25-11(21)6(12(22)26-13)5-20-9-4-10(8(16)3-7(9)15)27-28(23,24)14(17,18)19/h3-5,20H,1-2H3. The van der Waals surface area contributed by atoms with Crippen molar-refractivity contribution in [1.29, 1.82) is 0 Å². The first-order valence-corrected chi connectivity index (χ1v) is 8.47. The zero-order chi connectivity index (χ0) is 21.5. The maximum Gasteiger partial charge on any atom is 0.534 e. The lowest BCUT2D eigenvalue weighted by Crippen LogP contribution is -2.42. The van der Waals surface area contributed by atoms with Gasteiger partial charge in [0.25, 0.3) is 5.79 Å². The van der Waals surface area contributed by atoms with Gasteiger partial charge < -0.3 is 19.0 Å². The van der Waals surface area contributed by atoms with E-state index in [1.807, 2.05) is 5.32 Å². The summed E-state index contributed by atoms with van der Waals surface area (Å²) < 4.78 is 99.4. The van der Waals surface area contributed by atoms with Crippen molar-refractivity contribution in [2.24, 2.45) is 0 Å². The van der Waals surface area contributed by atoms with Crippen LogP contribution in [0.5, 0.6) is 5.75 Å². The molecule has 1 N–H and O–H groups in total. The van der Waals surface area contributed by atoms with Gasteiger partial charge in [0, 0.05) is 32.2 Å². The molecule has 1 saturated heterocycles. The van der Waals surface area contributed by atoms with E-state index >= 15 is 0 Å². The third-order valence-corrected chi connectivity index (χ3v) is 3.96. The Kier molecular flexibility index (Phi) is 5.29. The molecule has 0 atom stereocenters. The summed E-state index contributed by atoms with van der Waals surface area (Å²) in [4.78, 5) is 23.5. The second-order valence-electron chi connectivity index (χ2n) is 5.63. The lowest BCUT2D eigenvalue weighted by Gasteiger charge is -2.29. The van der Waals surface area contributed by atoms with Crippen molar-refractivity contribution in [3.63, 3.8) is 0 Å². The number of alkyl halides is 3. The van der Waals surface area contributed by atoms with Gasteiger partial charge in [-0.2, -0.15) is 21.6 Å². The molecule has 0 aliphatic carbocycles. The Morgan fingerprint density at radius 3 is 2.11 bits per heavy atom. The highest BCUT2D eigenvalue weighted by atomic mass is 32.2. The molecule has 28 heavy (non-hydrogen) atoms. The molecule has 1 aliphatic rings. The average molecular weight is 431 g/mol. The Labute approximate surface area is 154 Å². The molecule has 1 heterocycles. The van der Waals surface area contributed by atoms with Gasteiger partial charge in [-0.15, -0.1) is 0 Å². The molecule has 1 aromatic rings. The third-order valence-electron chi connectivity index (χ3n) is 2.99. The molecule has 14 heteroatoms. The van der Waals surface area contributed by atoms with E-state index in [-0.39, 0.29) is 12.1 Å². The summed E-state index contributed by atoms with van der Waals surface area (Å²) in [5, 5.41) is 2.00. The molecule has 1 aliphatic heterocycles. The second kappa shape index (κ2) is 6.92. The highest BCUT2D eigenvalue weighted by Gasteiger charge is 2.49. The van der Waals surface area contributed by atoms with Gasteiger partial charge in [-0.3, -0.25) is 0 Å². The fourth-order valence-corrected chi connectivity index (χ4v) is 2.26. The predicted octanol–water partition coefficient (Wildman–Crippen LogP) is 2.33. The minimum atomic E-state index is -6.22. The minimum absolute atomic E-state index is 0.0304. The number of cyclic esters (lactones) is 2. The number of ether oxygens (including phenoxy) is 2. The van der Waals surface area contributed by atoms with Crippen molar-refractivity contribution in [3.05, 3.63) is 35.5 Å². The summed E-state index contributed by atoms with van der Waals surface area (Å²) in [5.74, 6) is -8.50. The molecule has 1 aromatic carbocycles. The summed E-state index contributed by atoms with van der Waals surface area (Å²) in [6.07, 6.45) is 0.582. The number of carbonyl (C=O) groups is 2. The van der Waals surface area contributed by atoms with E-state index in [1.165, 1.54) is 13.8 Å². The Balaban J connectivity index is 2.33. The molecule has 1 fully saturated rings. The molecule has 2 rings (SSSR count). The first-order chi connectivity index (χ1) is 12.6. The molecule has 8 nitrogen and oxygen atoms in total. The van der Waals surface area contributed by atoms with Crippen LogP contribution in [0.1, 0.15) is 13.8 Å². The largest absolute Gasteiger partial charge is 0.534 e. The first-order valence-electron chi connectivity index (χ1n) is 7.06. The number of halogens is 5. The number of hydrogen-bond acceptors (Lipinski definition) is 8. The van der Waals surface area contributed by atoms with Crippen LogP contribution in [0.2, 0.25) is 0 Å². The Bertz CT molecular complexity index is 947. The van der Waals surface area contributed by atoms with Crippen LogP contribution >= 0.6 is 0 Å². The van der Waals surface area contributed by atoms with Crippen LogP contribution in [0.15, 0.2) is 23.9 Å². The summed E-state index contributed by atoms with van der Waals surface area (Å²) in [6.45, 7) is 2.52. The molecule has 0 saturated carbocycles. The SMILES string of the molecule is CC1(C)OC(=O)C(=CNc2cc(OS(=O)(=O)C(F)(F)F)c(F)cc2F)C(=O)O1. The van der Waals surface area contributed by atoms with Gasteiger partial charge >= 0.3 is 27.6 Å². The van der Waals surface area contributed by atoms with Crippen LogP contribution < -0.4 is 9.50 Å². The second-order valence-corrected chi connectivity index (χ2v) is 7.16. The fourth-order valence-electron chi connectivity index (χ4n) is 1.80. The molecular formula is C14H10F5NO7S. The van der Waals surface area contributed by atoms with Crippen LogP contribution in [-0.2, 0) is 29.2 Å². The number of anilines is 1. The molecule has 154 valence electrons. The fraction of sp³-hybridized carbons (Fsp3) is 0.286. The number of nitrogens with one attached hydrogen (secondary N) is 1. The predicted molar refractivity (Wildman–Crippen MR) is 79.9 cm³/mol. The molecule has 0 bridgehead atoms. The van der Waals surface area contributed by atoms with E-state index in [9.17, 15) is 40.0 Å². The van der Waals surface area contributed by atoms with Gasteiger partial charge in [0.05, 0.1) is 5.69 Å². The van der Waals surface area contributed by atoms with E-state index in [2.05, 4.69) is 4.18 Å². The molecule has 0 radical (unpaired) electrons. The summed E-state index contributed by atoms with van der Waals surface area (Å²) in [6, 6.07) is 0.275. The number of benzene rings is 1. The van der Waals surface area contributed by atoms with E-state index in [1.54, 1.807) is 0 Å². The van der Waals surface area contributed by atoms with Crippen molar-refractivity contribution < 1.29 is 53.6 Å². The van der Waals surface area contributed by atoms with Gasteiger partial charge in [0.15, 0.2) is 17.1 Å². The maximum absolute atomic E-state index is 13.8. The van der Waals surface area contributed by atoms with Crippen molar-refractivity contribution in [1.82, 2.24) is 0 Å². The topological polar surface area (TPSA) is 108 Å². The van der Waals surface area contributed by atoms with Crippen LogP contribution in [0, 0.1) is 11.6 Å². The van der Waals surface area contributed by atoms with Crippen molar-refractivity contribution in [2.75, 3.05) is 5.32 Å². The highest BCUT2D eigenvalue weighted by Crippen LogP contribution is 2.31. The van der Waals surface area contributed by atoms with Crippen LogP contribution in [0.25, 0.3) is 0 Å².